The summed E-state index contributed by atoms with van der Waals surface area (Å²) in [4.78, 5) is 24.7. The van der Waals surface area contributed by atoms with E-state index in [1.807, 2.05) is 30.0 Å². The van der Waals surface area contributed by atoms with Gasteiger partial charge in [-0.25, -0.2) is 9.97 Å². The standard InChI is InChI=1S/C19H17N3OS/c1-13-16(11-20-12-21-13)19(23)22-9-7-17-15(8-10-24-17)18(22)14-5-3-2-4-6-14/h2-6,8,10-12,18H,7,9H2,1H3/t18-/m0/s1. The number of benzene rings is 1. The van der Waals surface area contributed by atoms with E-state index in [9.17, 15) is 4.79 Å². The molecule has 0 N–H and O–H groups in total. The first-order chi connectivity index (χ1) is 11.8. The molecule has 1 aliphatic heterocycles. The largest absolute Gasteiger partial charge is 0.327 e. The first kappa shape index (κ1) is 15.0. The fourth-order valence-corrected chi connectivity index (χ4v) is 4.19. The number of aromatic nitrogens is 2. The lowest BCUT2D eigenvalue weighted by Crippen LogP contribution is -2.40. The van der Waals surface area contributed by atoms with Gasteiger partial charge in [-0.05, 0) is 35.9 Å². The Balaban J connectivity index is 1.80. The summed E-state index contributed by atoms with van der Waals surface area (Å²) >= 11 is 1.77. The highest BCUT2D eigenvalue weighted by molar-refractivity contribution is 7.10. The van der Waals surface area contributed by atoms with Crippen molar-refractivity contribution < 1.29 is 4.79 Å². The molecule has 4 rings (SSSR count). The van der Waals surface area contributed by atoms with Crippen molar-refractivity contribution in [2.24, 2.45) is 0 Å². The second-order valence-electron chi connectivity index (χ2n) is 5.88. The number of fused-ring (bicyclic) bond motifs is 1. The molecule has 1 atom stereocenters. The van der Waals surface area contributed by atoms with E-state index in [0.29, 0.717) is 12.1 Å². The average molecular weight is 335 g/mol. The van der Waals surface area contributed by atoms with Gasteiger partial charge in [-0.1, -0.05) is 30.3 Å². The maximum absolute atomic E-state index is 13.2. The molecule has 0 fully saturated rings. The number of amides is 1. The maximum Gasteiger partial charge on any atom is 0.258 e. The van der Waals surface area contributed by atoms with Crippen molar-refractivity contribution in [3.05, 3.63) is 81.6 Å². The first-order valence-corrected chi connectivity index (χ1v) is 8.82. The predicted octanol–water partition coefficient (Wildman–Crippen LogP) is 3.63. The van der Waals surface area contributed by atoms with Gasteiger partial charge in [0.15, 0.2) is 0 Å². The maximum atomic E-state index is 13.2. The van der Waals surface area contributed by atoms with Crippen molar-refractivity contribution in [2.75, 3.05) is 6.54 Å². The third-order valence-electron chi connectivity index (χ3n) is 4.48. The van der Waals surface area contributed by atoms with Crippen molar-refractivity contribution in [3.63, 3.8) is 0 Å². The minimum absolute atomic E-state index is 0.00111. The van der Waals surface area contributed by atoms with Crippen LogP contribution in [0, 0.1) is 6.92 Å². The normalized spacial score (nSPS) is 16.7. The molecule has 3 heterocycles. The van der Waals surface area contributed by atoms with Gasteiger partial charge in [-0.2, -0.15) is 0 Å². The van der Waals surface area contributed by atoms with Gasteiger partial charge >= 0.3 is 0 Å². The Morgan fingerprint density at radius 3 is 2.88 bits per heavy atom. The summed E-state index contributed by atoms with van der Waals surface area (Å²) in [5.74, 6) is -0.00111. The number of nitrogens with zero attached hydrogens (tertiary/aromatic N) is 3. The molecule has 1 aliphatic rings. The van der Waals surface area contributed by atoms with Crippen LogP contribution in [0.4, 0.5) is 0 Å². The van der Waals surface area contributed by atoms with Crippen LogP contribution in [0.3, 0.4) is 0 Å². The number of aryl methyl sites for hydroxylation is 1. The molecule has 3 aromatic rings. The van der Waals surface area contributed by atoms with E-state index < -0.39 is 0 Å². The summed E-state index contributed by atoms with van der Waals surface area (Å²) in [6.07, 6.45) is 4.00. The second kappa shape index (κ2) is 6.17. The minimum atomic E-state index is -0.0479. The molecule has 0 bridgehead atoms. The fraction of sp³-hybridized carbons (Fsp3) is 0.211. The minimum Gasteiger partial charge on any atom is -0.327 e. The van der Waals surface area contributed by atoms with Crippen LogP contribution in [0.1, 0.15) is 38.1 Å². The first-order valence-electron chi connectivity index (χ1n) is 7.94. The zero-order chi connectivity index (χ0) is 16.5. The van der Waals surface area contributed by atoms with Crippen molar-refractivity contribution in [1.82, 2.24) is 14.9 Å². The quantitative estimate of drug-likeness (QED) is 0.718. The van der Waals surface area contributed by atoms with E-state index in [-0.39, 0.29) is 11.9 Å². The van der Waals surface area contributed by atoms with E-state index in [1.54, 1.807) is 17.5 Å². The van der Waals surface area contributed by atoms with Crippen LogP contribution >= 0.6 is 11.3 Å². The van der Waals surface area contributed by atoms with E-state index in [4.69, 9.17) is 0 Å². The molecule has 1 aromatic carbocycles. The van der Waals surface area contributed by atoms with Gasteiger partial charge in [-0.3, -0.25) is 4.79 Å². The smallest absolute Gasteiger partial charge is 0.258 e. The van der Waals surface area contributed by atoms with Crippen LogP contribution in [-0.4, -0.2) is 27.3 Å². The third-order valence-corrected chi connectivity index (χ3v) is 5.48. The van der Waals surface area contributed by atoms with Crippen LogP contribution in [0.5, 0.6) is 0 Å². The average Bonchev–Trinajstić information content (AvgIpc) is 3.10. The molecule has 1 amide bonds. The second-order valence-corrected chi connectivity index (χ2v) is 6.88. The number of hydrogen-bond acceptors (Lipinski definition) is 4. The van der Waals surface area contributed by atoms with Crippen LogP contribution in [0.2, 0.25) is 0 Å². The Labute approximate surface area is 144 Å². The highest BCUT2D eigenvalue weighted by atomic mass is 32.1. The van der Waals surface area contributed by atoms with Gasteiger partial charge in [-0.15, -0.1) is 11.3 Å². The molecular formula is C19H17N3OS. The van der Waals surface area contributed by atoms with Gasteiger partial charge in [0, 0.05) is 17.6 Å². The fourth-order valence-electron chi connectivity index (χ4n) is 3.29. The number of hydrogen-bond donors (Lipinski definition) is 0. The highest BCUT2D eigenvalue weighted by Crippen LogP contribution is 2.38. The summed E-state index contributed by atoms with van der Waals surface area (Å²) in [6, 6.07) is 12.3. The predicted molar refractivity (Wildman–Crippen MR) is 94.1 cm³/mol. The third kappa shape index (κ3) is 2.51. The number of carbonyl (C=O) groups is 1. The molecule has 0 radical (unpaired) electrons. The topological polar surface area (TPSA) is 46.1 Å². The molecule has 0 aliphatic carbocycles. The van der Waals surface area contributed by atoms with Crippen LogP contribution in [0.15, 0.2) is 54.3 Å². The zero-order valence-corrected chi connectivity index (χ0v) is 14.2. The lowest BCUT2D eigenvalue weighted by Gasteiger charge is -2.36. The zero-order valence-electron chi connectivity index (χ0n) is 13.3. The molecule has 5 heteroatoms. The van der Waals surface area contributed by atoms with E-state index in [0.717, 1.165) is 17.7 Å². The molecule has 0 saturated carbocycles. The van der Waals surface area contributed by atoms with Crippen LogP contribution in [0.25, 0.3) is 0 Å². The molecule has 24 heavy (non-hydrogen) atoms. The summed E-state index contributed by atoms with van der Waals surface area (Å²) in [5.41, 5.74) is 3.68. The lowest BCUT2D eigenvalue weighted by atomic mass is 9.92. The Morgan fingerprint density at radius 2 is 2.08 bits per heavy atom. The molecule has 120 valence electrons. The highest BCUT2D eigenvalue weighted by Gasteiger charge is 2.33. The van der Waals surface area contributed by atoms with Crippen molar-refractivity contribution >= 4 is 17.2 Å². The van der Waals surface area contributed by atoms with E-state index >= 15 is 0 Å². The van der Waals surface area contributed by atoms with Gasteiger partial charge in [0.25, 0.3) is 5.91 Å². The van der Waals surface area contributed by atoms with Gasteiger partial charge in [0.1, 0.15) is 6.33 Å². The van der Waals surface area contributed by atoms with Crippen molar-refractivity contribution in [1.29, 1.82) is 0 Å². The van der Waals surface area contributed by atoms with Gasteiger partial charge in [0.05, 0.1) is 17.3 Å². The summed E-state index contributed by atoms with van der Waals surface area (Å²) in [7, 11) is 0. The molecule has 4 nitrogen and oxygen atoms in total. The monoisotopic (exact) mass is 335 g/mol. The Morgan fingerprint density at radius 1 is 1.25 bits per heavy atom. The SMILES string of the molecule is Cc1ncncc1C(=O)N1CCc2sccc2[C@@H]1c1ccccc1. The number of thiophene rings is 1. The number of rotatable bonds is 2. The molecule has 2 aromatic heterocycles. The molecule has 0 unspecified atom stereocenters. The number of carbonyl (C=O) groups excluding carboxylic acids is 1. The lowest BCUT2D eigenvalue weighted by molar-refractivity contribution is 0.0694. The van der Waals surface area contributed by atoms with Crippen molar-refractivity contribution in [2.45, 2.75) is 19.4 Å². The van der Waals surface area contributed by atoms with E-state index in [1.165, 1.54) is 16.8 Å². The Hall–Kier alpha value is -2.53. The molecule has 0 saturated heterocycles. The van der Waals surface area contributed by atoms with Crippen LogP contribution in [-0.2, 0) is 6.42 Å². The van der Waals surface area contributed by atoms with Gasteiger partial charge in [0.2, 0.25) is 0 Å². The Bertz CT molecular complexity index is 875. The van der Waals surface area contributed by atoms with Crippen molar-refractivity contribution in [3.8, 4) is 0 Å². The van der Waals surface area contributed by atoms with Crippen LogP contribution < -0.4 is 0 Å². The summed E-state index contributed by atoms with van der Waals surface area (Å²) < 4.78 is 0. The molecule has 0 spiro atoms. The van der Waals surface area contributed by atoms with E-state index in [2.05, 4.69) is 33.5 Å². The summed E-state index contributed by atoms with van der Waals surface area (Å²) in [5, 5.41) is 2.12. The molecular weight excluding hydrogens is 318 g/mol. The summed E-state index contributed by atoms with van der Waals surface area (Å²) in [6.45, 7) is 2.56. The van der Waals surface area contributed by atoms with Gasteiger partial charge < -0.3 is 4.90 Å². The Kier molecular flexibility index (Phi) is 3.86.